The third kappa shape index (κ3) is 3.74. The summed E-state index contributed by atoms with van der Waals surface area (Å²) < 4.78 is 13.6. The number of pyridine rings is 1. The molecule has 0 bridgehead atoms. The van der Waals surface area contributed by atoms with Gasteiger partial charge < -0.3 is 10.6 Å². The fourth-order valence-electron chi connectivity index (χ4n) is 3.89. The average molecular weight is 412 g/mol. The molecule has 1 fully saturated rings. The van der Waals surface area contributed by atoms with E-state index in [4.69, 9.17) is 5.73 Å². The summed E-state index contributed by atoms with van der Waals surface area (Å²) in [6, 6.07) is 7.83. The molecule has 2 aromatic heterocycles. The topological polar surface area (TPSA) is 76.3 Å². The molecule has 2 amide bonds. The molecule has 7 heteroatoms. The highest BCUT2D eigenvalue weighted by Crippen LogP contribution is 2.32. The number of fused-ring (bicyclic) bond motifs is 1. The fourth-order valence-corrected chi connectivity index (χ4v) is 4.89. The van der Waals surface area contributed by atoms with E-state index in [0.717, 1.165) is 28.2 Å². The summed E-state index contributed by atoms with van der Waals surface area (Å²) >= 11 is 1.51. The zero-order chi connectivity index (χ0) is 20.7. The lowest BCUT2D eigenvalue weighted by atomic mass is 9.90. The van der Waals surface area contributed by atoms with Crippen LogP contribution in [-0.4, -0.2) is 34.8 Å². The number of rotatable bonds is 3. The van der Waals surface area contributed by atoms with Crippen LogP contribution in [-0.2, 0) is 0 Å². The van der Waals surface area contributed by atoms with Crippen molar-refractivity contribution in [2.75, 3.05) is 13.1 Å². The molecule has 5 nitrogen and oxygen atoms in total. The Labute approximate surface area is 172 Å². The zero-order valence-corrected chi connectivity index (χ0v) is 17.2. The maximum absolute atomic E-state index is 13.6. The number of thiophene rings is 1. The first-order valence-electron chi connectivity index (χ1n) is 9.60. The molecule has 29 heavy (non-hydrogen) atoms. The van der Waals surface area contributed by atoms with Gasteiger partial charge in [0.25, 0.3) is 11.8 Å². The molecule has 1 atom stereocenters. The van der Waals surface area contributed by atoms with Crippen molar-refractivity contribution >= 4 is 34.1 Å². The van der Waals surface area contributed by atoms with Crippen LogP contribution in [0.15, 0.2) is 30.3 Å². The van der Waals surface area contributed by atoms with E-state index in [2.05, 4.69) is 4.98 Å². The molecule has 150 valence electrons. The first-order chi connectivity index (χ1) is 13.8. The van der Waals surface area contributed by atoms with Crippen LogP contribution in [0, 0.1) is 19.7 Å². The third-order valence-corrected chi connectivity index (χ3v) is 6.68. The summed E-state index contributed by atoms with van der Waals surface area (Å²) in [4.78, 5) is 33.4. The first-order valence-corrected chi connectivity index (χ1v) is 10.4. The number of carbonyl (C=O) groups is 2. The number of amides is 2. The summed E-state index contributed by atoms with van der Waals surface area (Å²) in [5, 5.41) is 0.538. The number of benzene rings is 1. The van der Waals surface area contributed by atoms with Gasteiger partial charge in [0.05, 0.1) is 21.7 Å². The Balaban J connectivity index is 1.67. The van der Waals surface area contributed by atoms with Crippen molar-refractivity contribution in [3.05, 3.63) is 62.7 Å². The van der Waals surface area contributed by atoms with Crippen molar-refractivity contribution in [2.45, 2.75) is 32.6 Å². The van der Waals surface area contributed by atoms with Crippen molar-refractivity contribution in [1.29, 1.82) is 0 Å². The number of primary amides is 1. The number of aryl methyl sites for hydroxylation is 2. The number of piperidine rings is 1. The summed E-state index contributed by atoms with van der Waals surface area (Å²) in [5.74, 6) is -1.06. The summed E-state index contributed by atoms with van der Waals surface area (Å²) in [5.41, 5.74) is 8.22. The van der Waals surface area contributed by atoms with Crippen molar-refractivity contribution < 1.29 is 14.0 Å². The van der Waals surface area contributed by atoms with Crippen LogP contribution in [0.2, 0.25) is 0 Å². The van der Waals surface area contributed by atoms with Crippen LogP contribution in [0.3, 0.4) is 0 Å². The predicted octanol–water partition coefficient (Wildman–Crippen LogP) is 4.17. The van der Waals surface area contributed by atoms with Gasteiger partial charge in [-0.15, -0.1) is 11.3 Å². The van der Waals surface area contributed by atoms with Gasteiger partial charge in [-0.05, 0) is 62.6 Å². The number of hydrogen-bond donors (Lipinski definition) is 1. The predicted molar refractivity (Wildman–Crippen MR) is 112 cm³/mol. The number of nitrogens with zero attached hydrogens (tertiary/aromatic N) is 2. The molecule has 1 aromatic carbocycles. The number of likely N-dealkylation sites (tertiary alicyclic amines) is 1. The largest absolute Gasteiger partial charge is 0.366 e. The molecule has 3 aromatic rings. The van der Waals surface area contributed by atoms with E-state index in [-0.39, 0.29) is 11.8 Å². The molecule has 1 aliphatic rings. The average Bonchev–Trinajstić information content (AvgIpc) is 3.04. The molecular formula is C22H22FN3O2S. The summed E-state index contributed by atoms with van der Waals surface area (Å²) in [6.07, 6.45) is 1.63. The Hall–Kier alpha value is -2.80. The minimum atomic E-state index is -0.591. The molecule has 1 aliphatic heterocycles. The van der Waals surface area contributed by atoms with Crippen molar-refractivity contribution in [3.63, 3.8) is 0 Å². The first kappa shape index (κ1) is 19.5. The van der Waals surface area contributed by atoms with E-state index in [1.807, 2.05) is 24.8 Å². The van der Waals surface area contributed by atoms with Crippen LogP contribution in [0.25, 0.3) is 10.9 Å². The van der Waals surface area contributed by atoms with E-state index < -0.39 is 11.7 Å². The van der Waals surface area contributed by atoms with Crippen LogP contribution >= 0.6 is 11.3 Å². The minimum Gasteiger partial charge on any atom is -0.366 e. The molecule has 3 heterocycles. The second kappa shape index (κ2) is 7.55. The number of halogens is 1. The van der Waals surface area contributed by atoms with E-state index >= 15 is 0 Å². The van der Waals surface area contributed by atoms with Gasteiger partial charge in [-0.3, -0.25) is 14.6 Å². The maximum Gasteiger partial charge on any atom is 0.263 e. The highest BCUT2D eigenvalue weighted by molar-refractivity contribution is 7.14. The molecule has 4 rings (SSSR count). The third-order valence-electron chi connectivity index (χ3n) is 5.54. The molecule has 1 saturated heterocycles. The van der Waals surface area contributed by atoms with Crippen LogP contribution in [0.4, 0.5) is 4.39 Å². The summed E-state index contributed by atoms with van der Waals surface area (Å²) in [6.45, 7) is 5.17. The van der Waals surface area contributed by atoms with Gasteiger partial charge in [0, 0.05) is 29.3 Å². The second-order valence-electron chi connectivity index (χ2n) is 7.56. The van der Waals surface area contributed by atoms with Gasteiger partial charge in [-0.1, -0.05) is 0 Å². The van der Waals surface area contributed by atoms with E-state index in [9.17, 15) is 14.0 Å². The maximum atomic E-state index is 13.6. The Morgan fingerprint density at radius 3 is 2.72 bits per heavy atom. The van der Waals surface area contributed by atoms with Gasteiger partial charge in [0.15, 0.2) is 0 Å². The second-order valence-corrected chi connectivity index (χ2v) is 8.82. The van der Waals surface area contributed by atoms with Crippen molar-refractivity contribution in [1.82, 2.24) is 9.88 Å². The van der Waals surface area contributed by atoms with Gasteiger partial charge in [-0.25, -0.2) is 4.39 Å². The van der Waals surface area contributed by atoms with Crippen LogP contribution in [0.1, 0.15) is 54.9 Å². The fraction of sp³-hybridized carbons (Fsp3) is 0.318. The standard InChI is InChI=1S/C22H22FN3O2S/c1-12-8-19(29-13(12)2)22(28)26-7-3-4-14(11-26)20-17(21(24)27)10-15-9-16(23)5-6-18(15)25-20/h5-6,8-10,14H,3-4,7,11H2,1-2H3,(H2,24,27)/t14-/m0/s1. The molecule has 0 saturated carbocycles. The Morgan fingerprint density at radius 1 is 1.24 bits per heavy atom. The molecule has 0 radical (unpaired) electrons. The Bertz CT molecular complexity index is 1110. The van der Waals surface area contributed by atoms with Gasteiger partial charge in [-0.2, -0.15) is 0 Å². The highest BCUT2D eigenvalue weighted by Gasteiger charge is 2.30. The van der Waals surface area contributed by atoms with E-state index in [1.54, 1.807) is 12.1 Å². The van der Waals surface area contributed by atoms with Gasteiger partial charge >= 0.3 is 0 Å². The summed E-state index contributed by atoms with van der Waals surface area (Å²) in [7, 11) is 0. The van der Waals surface area contributed by atoms with Crippen LogP contribution in [0.5, 0.6) is 0 Å². The monoisotopic (exact) mass is 411 g/mol. The Kier molecular flexibility index (Phi) is 5.08. The van der Waals surface area contributed by atoms with Crippen molar-refractivity contribution in [2.24, 2.45) is 5.73 Å². The quantitative estimate of drug-likeness (QED) is 0.703. The molecular weight excluding hydrogens is 389 g/mol. The number of carbonyl (C=O) groups excluding carboxylic acids is 2. The molecule has 0 aliphatic carbocycles. The van der Waals surface area contributed by atoms with E-state index in [0.29, 0.717) is 35.2 Å². The number of nitrogens with two attached hydrogens (primary N) is 1. The smallest absolute Gasteiger partial charge is 0.263 e. The Morgan fingerprint density at radius 2 is 2.03 bits per heavy atom. The highest BCUT2D eigenvalue weighted by atomic mass is 32.1. The normalized spacial score (nSPS) is 16.9. The SMILES string of the molecule is Cc1cc(C(=O)N2CCC[C@H](c3nc4ccc(F)cc4cc3C(N)=O)C2)sc1C. The van der Waals surface area contributed by atoms with Crippen molar-refractivity contribution in [3.8, 4) is 0 Å². The molecule has 0 spiro atoms. The van der Waals surface area contributed by atoms with Gasteiger partial charge in [0.1, 0.15) is 5.82 Å². The van der Waals surface area contributed by atoms with Crippen LogP contribution < -0.4 is 5.73 Å². The lowest BCUT2D eigenvalue weighted by molar-refractivity contribution is 0.0710. The molecule has 2 N–H and O–H groups in total. The number of aromatic nitrogens is 1. The minimum absolute atomic E-state index is 0.0133. The zero-order valence-electron chi connectivity index (χ0n) is 16.4. The lowest BCUT2D eigenvalue weighted by Crippen LogP contribution is -2.39. The number of hydrogen-bond acceptors (Lipinski definition) is 4. The van der Waals surface area contributed by atoms with Gasteiger partial charge in [0.2, 0.25) is 0 Å². The van der Waals surface area contributed by atoms with E-state index in [1.165, 1.54) is 23.5 Å². The molecule has 0 unspecified atom stereocenters. The lowest BCUT2D eigenvalue weighted by Gasteiger charge is -2.33.